The highest BCUT2D eigenvalue weighted by Gasteiger charge is 2.30. The second-order valence-corrected chi connectivity index (χ2v) is 5.87. The lowest BCUT2D eigenvalue weighted by Gasteiger charge is -2.24. The third-order valence-corrected chi connectivity index (χ3v) is 4.19. The van der Waals surface area contributed by atoms with Crippen LogP contribution in [-0.4, -0.2) is 41.0 Å². The van der Waals surface area contributed by atoms with E-state index in [-0.39, 0.29) is 30.2 Å². The minimum absolute atomic E-state index is 0.0909. The van der Waals surface area contributed by atoms with Gasteiger partial charge in [-0.3, -0.25) is 9.59 Å². The number of furan rings is 1. The summed E-state index contributed by atoms with van der Waals surface area (Å²) in [6.07, 6.45) is 4.59. The Bertz CT molecular complexity index is 753. The molecule has 1 fully saturated rings. The van der Waals surface area contributed by atoms with E-state index >= 15 is 0 Å². The third-order valence-electron chi connectivity index (χ3n) is 4.19. The van der Waals surface area contributed by atoms with Gasteiger partial charge in [-0.05, 0) is 37.1 Å². The molecule has 1 aliphatic heterocycles. The normalized spacial score (nSPS) is 17.6. The fourth-order valence-electron chi connectivity index (χ4n) is 2.90. The Morgan fingerprint density at radius 2 is 2.04 bits per heavy atom. The third kappa shape index (κ3) is 3.97. The number of carbonyl (C=O) groups excluding carboxylic acids is 2. The fraction of sp³-hybridized carbons (Fsp3) is 0.263. The second kappa shape index (κ2) is 7.81. The van der Waals surface area contributed by atoms with Crippen LogP contribution in [0, 0.1) is 0 Å². The molecule has 6 heteroatoms. The lowest BCUT2D eigenvalue weighted by Crippen LogP contribution is -2.42. The molecule has 2 aromatic rings. The van der Waals surface area contributed by atoms with Gasteiger partial charge in [0, 0.05) is 18.2 Å². The zero-order valence-corrected chi connectivity index (χ0v) is 13.7. The van der Waals surface area contributed by atoms with Crippen molar-refractivity contribution >= 4 is 17.9 Å². The number of hydrogen-bond acceptors (Lipinski definition) is 4. The fourth-order valence-corrected chi connectivity index (χ4v) is 2.90. The molecule has 0 radical (unpaired) electrons. The molecule has 0 bridgehead atoms. The minimum atomic E-state index is -0.369. The molecule has 2 amide bonds. The van der Waals surface area contributed by atoms with Gasteiger partial charge in [-0.25, -0.2) is 0 Å². The molecule has 2 heterocycles. The van der Waals surface area contributed by atoms with Crippen molar-refractivity contribution in [1.82, 2.24) is 10.2 Å². The predicted octanol–water partition coefficient (Wildman–Crippen LogP) is 2.03. The first-order chi connectivity index (χ1) is 12.2. The van der Waals surface area contributed by atoms with Crippen LogP contribution in [0.4, 0.5) is 0 Å². The number of benzene rings is 1. The summed E-state index contributed by atoms with van der Waals surface area (Å²) in [5, 5.41) is 12.1. The molecule has 1 aromatic carbocycles. The lowest BCUT2D eigenvalue weighted by atomic mass is 10.2. The number of rotatable bonds is 5. The first-order valence-corrected chi connectivity index (χ1v) is 8.22. The van der Waals surface area contributed by atoms with Gasteiger partial charge in [-0.1, -0.05) is 18.2 Å². The Hall–Kier alpha value is -2.86. The van der Waals surface area contributed by atoms with Crippen LogP contribution in [0.3, 0.4) is 0 Å². The van der Waals surface area contributed by atoms with Crippen LogP contribution in [0.15, 0.2) is 58.8 Å². The molecule has 2 N–H and O–H groups in total. The largest absolute Gasteiger partial charge is 0.465 e. The van der Waals surface area contributed by atoms with Gasteiger partial charge in [0.2, 0.25) is 0 Å². The van der Waals surface area contributed by atoms with Gasteiger partial charge in [0.15, 0.2) is 0 Å². The van der Waals surface area contributed by atoms with Crippen LogP contribution in [0.5, 0.6) is 0 Å². The molecule has 1 saturated heterocycles. The summed E-state index contributed by atoms with van der Waals surface area (Å²) in [5.74, 6) is -0.222. The Labute approximate surface area is 145 Å². The number of nitrogens with zero attached hydrogens (tertiary/aromatic N) is 1. The molecule has 1 aliphatic rings. The second-order valence-electron chi connectivity index (χ2n) is 5.87. The Kier molecular flexibility index (Phi) is 5.30. The number of amides is 2. The van der Waals surface area contributed by atoms with Crippen molar-refractivity contribution in [3.8, 4) is 0 Å². The van der Waals surface area contributed by atoms with Gasteiger partial charge in [0.25, 0.3) is 11.8 Å². The smallest absolute Gasteiger partial charge is 0.270 e. The molecule has 6 nitrogen and oxygen atoms in total. The van der Waals surface area contributed by atoms with Crippen molar-refractivity contribution in [1.29, 1.82) is 0 Å². The van der Waals surface area contributed by atoms with E-state index in [9.17, 15) is 14.7 Å². The van der Waals surface area contributed by atoms with Gasteiger partial charge in [-0.2, -0.15) is 0 Å². The summed E-state index contributed by atoms with van der Waals surface area (Å²) in [5.41, 5.74) is 0.588. The molecular formula is C19H20N2O4. The zero-order chi connectivity index (χ0) is 17.6. The number of aliphatic hydroxyl groups excluding tert-OH is 1. The van der Waals surface area contributed by atoms with Crippen LogP contribution < -0.4 is 5.32 Å². The zero-order valence-electron chi connectivity index (χ0n) is 13.7. The Balaban J connectivity index is 1.85. The molecule has 0 saturated carbocycles. The van der Waals surface area contributed by atoms with E-state index in [0.29, 0.717) is 17.9 Å². The van der Waals surface area contributed by atoms with Crippen LogP contribution >= 0.6 is 0 Å². The standard InChI is InChI=1S/C19H20N2O4/c22-13-15-8-4-10-21(15)19(24)17(12-16-9-5-11-25-16)20-18(23)14-6-2-1-3-7-14/h1-3,5-7,9,11-12,15,22H,4,8,10,13H2,(H,20,23)/b17-12+/t15-/m0/s1. The van der Waals surface area contributed by atoms with Crippen molar-refractivity contribution in [3.05, 3.63) is 65.7 Å². The summed E-state index contributed by atoms with van der Waals surface area (Å²) < 4.78 is 5.27. The monoisotopic (exact) mass is 340 g/mol. The summed E-state index contributed by atoms with van der Waals surface area (Å²) >= 11 is 0. The van der Waals surface area contributed by atoms with Gasteiger partial charge < -0.3 is 19.7 Å². The lowest BCUT2D eigenvalue weighted by molar-refractivity contribution is -0.128. The maximum atomic E-state index is 12.9. The highest BCUT2D eigenvalue weighted by atomic mass is 16.3. The molecule has 0 aliphatic carbocycles. The topological polar surface area (TPSA) is 82.8 Å². The van der Waals surface area contributed by atoms with Crippen molar-refractivity contribution in [3.63, 3.8) is 0 Å². The number of likely N-dealkylation sites (tertiary alicyclic amines) is 1. The Morgan fingerprint density at radius 1 is 1.24 bits per heavy atom. The van der Waals surface area contributed by atoms with E-state index in [1.54, 1.807) is 41.3 Å². The summed E-state index contributed by atoms with van der Waals surface area (Å²) in [6, 6.07) is 11.9. The summed E-state index contributed by atoms with van der Waals surface area (Å²) in [6.45, 7) is 0.465. The van der Waals surface area contributed by atoms with Gasteiger partial charge in [-0.15, -0.1) is 0 Å². The molecule has 3 rings (SSSR count). The maximum Gasteiger partial charge on any atom is 0.270 e. The first kappa shape index (κ1) is 17.0. The van der Waals surface area contributed by atoms with Crippen LogP contribution in [0.1, 0.15) is 29.0 Å². The minimum Gasteiger partial charge on any atom is -0.465 e. The number of hydrogen-bond donors (Lipinski definition) is 2. The predicted molar refractivity (Wildman–Crippen MR) is 92.4 cm³/mol. The summed E-state index contributed by atoms with van der Waals surface area (Å²) in [7, 11) is 0. The van der Waals surface area contributed by atoms with E-state index in [2.05, 4.69) is 5.32 Å². The SMILES string of the molecule is O=C(N/C(=C/c1ccco1)C(=O)N1CCC[C@H]1CO)c1ccccc1. The van der Waals surface area contributed by atoms with Crippen molar-refractivity contribution < 1.29 is 19.1 Å². The van der Waals surface area contributed by atoms with Crippen LogP contribution in [-0.2, 0) is 4.79 Å². The number of aliphatic hydroxyl groups is 1. The van der Waals surface area contributed by atoms with Gasteiger partial charge >= 0.3 is 0 Å². The van der Waals surface area contributed by atoms with E-state index in [0.717, 1.165) is 12.8 Å². The number of nitrogens with one attached hydrogen (secondary N) is 1. The highest BCUT2D eigenvalue weighted by molar-refractivity contribution is 6.05. The van der Waals surface area contributed by atoms with E-state index in [1.165, 1.54) is 12.3 Å². The molecular weight excluding hydrogens is 320 g/mol. The average molecular weight is 340 g/mol. The molecule has 25 heavy (non-hydrogen) atoms. The van der Waals surface area contributed by atoms with Crippen molar-refractivity contribution in [2.24, 2.45) is 0 Å². The molecule has 0 unspecified atom stereocenters. The van der Waals surface area contributed by atoms with E-state index in [4.69, 9.17) is 4.42 Å². The van der Waals surface area contributed by atoms with E-state index in [1.807, 2.05) is 6.07 Å². The van der Waals surface area contributed by atoms with Gasteiger partial charge in [0.05, 0.1) is 18.9 Å². The highest BCUT2D eigenvalue weighted by Crippen LogP contribution is 2.20. The quantitative estimate of drug-likeness (QED) is 0.816. The molecule has 0 spiro atoms. The Morgan fingerprint density at radius 3 is 2.72 bits per heavy atom. The van der Waals surface area contributed by atoms with E-state index < -0.39 is 0 Å². The van der Waals surface area contributed by atoms with Crippen LogP contribution in [0.25, 0.3) is 6.08 Å². The van der Waals surface area contributed by atoms with Crippen molar-refractivity contribution in [2.75, 3.05) is 13.2 Å². The molecule has 130 valence electrons. The molecule has 1 aromatic heterocycles. The van der Waals surface area contributed by atoms with Crippen molar-refractivity contribution in [2.45, 2.75) is 18.9 Å². The van der Waals surface area contributed by atoms with Gasteiger partial charge in [0.1, 0.15) is 11.5 Å². The van der Waals surface area contributed by atoms with Crippen LogP contribution in [0.2, 0.25) is 0 Å². The average Bonchev–Trinajstić information content (AvgIpc) is 3.32. The molecule has 1 atom stereocenters. The number of carbonyl (C=O) groups is 2. The summed E-state index contributed by atoms with van der Waals surface area (Å²) in [4.78, 5) is 26.9. The maximum absolute atomic E-state index is 12.9. The first-order valence-electron chi connectivity index (χ1n) is 8.22.